The van der Waals surface area contributed by atoms with Gasteiger partial charge in [0.1, 0.15) is 0 Å². The van der Waals surface area contributed by atoms with E-state index in [2.05, 4.69) is 4.18 Å². The maximum absolute atomic E-state index is 10.5. The third kappa shape index (κ3) is 4.15. The molecule has 0 heterocycles. The Kier molecular flexibility index (Phi) is 2.10. The molecule has 6 nitrogen and oxygen atoms in total. The van der Waals surface area contributed by atoms with Crippen molar-refractivity contribution < 1.29 is 32.8 Å². The molecule has 0 spiro atoms. The van der Waals surface area contributed by atoms with E-state index < -0.39 is 40.4 Å². The number of phenolic OH excluding ortho intramolecular Hbond substituents is 2. The molecule has 0 aliphatic heterocycles. The summed E-state index contributed by atoms with van der Waals surface area (Å²) in [5, 5.41) is 18.3. The van der Waals surface area contributed by atoms with Crippen molar-refractivity contribution >= 4 is 10.4 Å². The van der Waals surface area contributed by atoms with E-state index >= 15 is 0 Å². The van der Waals surface area contributed by atoms with Crippen LogP contribution in [0.5, 0.6) is 11.5 Å². The van der Waals surface area contributed by atoms with Crippen molar-refractivity contribution in [2.24, 2.45) is 0 Å². The van der Waals surface area contributed by atoms with Gasteiger partial charge in [-0.25, -0.2) is 4.18 Å². The zero-order valence-electron chi connectivity index (χ0n) is 11.2. The molecule has 1 rings (SSSR count). The molecule has 7 heteroatoms. The molecular weight excluding hydrogens is 224 g/mol. The lowest BCUT2D eigenvalue weighted by atomic mass is 10.1. The number of aromatic hydroxyl groups is 2. The highest BCUT2D eigenvalue weighted by molar-refractivity contribution is 7.80. The van der Waals surface area contributed by atoms with Gasteiger partial charge >= 0.3 is 10.4 Å². The summed E-state index contributed by atoms with van der Waals surface area (Å²) in [7, 11) is -5.22. The Morgan fingerprint density at radius 3 is 2.53 bits per heavy atom. The normalized spacial score (nSPS) is 17.4. The van der Waals surface area contributed by atoms with Gasteiger partial charge in [0.15, 0.2) is 11.5 Å². The summed E-state index contributed by atoms with van der Waals surface area (Å²) < 4.78 is 62.5. The van der Waals surface area contributed by atoms with Crippen LogP contribution in [-0.2, 0) is 21.0 Å². The predicted molar refractivity (Wildman–Crippen MR) is 51.0 cm³/mol. The molecule has 0 saturated heterocycles. The van der Waals surface area contributed by atoms with Gasteiger partial charge in [0.05, 0.1) is 9.30 Å². The van der Waals surface area contributed by atoms with Gasteiger partial charge in [0.25, 0.3) is 0 Å². The van der Waals surface area contributed by atoms with Gasteiger partial charge in [0, 0.05) is 2.74 Å². The zero-order valence-corrected chi connectivity index (χ0v) is 8.02. The highest BCUT2D eigenvalue weighted by Gasteiger charge is 2.05. The van der Waals surface area contributed by atoms with Gasteiger partial charge in [-0.2, -0.15) is 8.42 Å². The van der Waals surface area contributed by atoms with E-state index in [9.17, 15) is 13.5 Å². The third-order valence-electron chi connectivity index (χ3n) is 1.32. The van der Waals surface area contributed by atoms with Crippen molar-refractivity contribution in [3.8, 4) is 11.5 Å². The van der Waals surface area contributed by atoms with E-state index in [1.807, 2.05) is 0 Å². The number of aryl methyl sites for hydroxylation is 1. The lowest BCUT2D eigenvalue weighted by Gasteiger charge is -2.02. The van der Waals surface area contributed by atoms with Crippen molar-refractivity contribution in [3.05, 3.63) is 23.8 Å². The van der Waals surface area contributed by atoms with Crippen molar-refractivity contribution in [1.82, 2.24) is 0 Å². The van der Waals surface area contributed by atoms with Crippen LogP contribution in [0, 0.1) is 0 Å². The molecule has 0 bridgehead atoms. The second kappa shape index (κ2) is 4.47. The van der Waals surface area contributed by atoms with Crippen molar-refractivity contribution in [3.63, 3.8) is 0 Å². The monoisotopic (exact) mass is 238 g/mol. The van der Waals surface area contributed by atoms with Gasteiger partial charge in [-0.05, 0) is 24.1 Å². The first kappa shape index (κ1) is 7.04. The maximum atomic E-state index is 10.5. The Hall–Kier alpha value is -1.31. The largest absolute Gasteiger partial charge is 0.504 e. The predicted octanol–water partition coefficient (Wildman–Crippen LogP) is 0.460. The molecule has 3 N–H and O–H groups in total. The van der Waals surface area contributed by atoms with E-state index in [1.165, 1.54) is 0 Å². The lowest BCUT2D eigenvalue weighted by molar-refractivity contribution is 0.271. The molecule has 1 aromatic rings. The van der Waals surface area contributed by atoms with Crippen LogP contribution in [-0.4, -0.2) is 29.7 Å². The van der Waals surface area contributed by atoms with Gasteiger partial charge in [-0.15, -0.1) is 0 Å². The van der Waals surface area contributed by atoms with Crippen molar-refractivity contribution in [2.45, 2.75) is 6.37 Å². The summed E-state index contributed by atoms with van der Waals surface area (Å²) in [5.41, 5.74) is -0.489. The number of phenols is 2. The highest BCUT2D eigenvalue weighted by Crippen LogP contribution is 2.24. The van der Waals surface area contributed by atoms with Crippen molar-refractivity contribution in [1.29, 1.82) is 0 Å². The first-order valence-electron chi connectivity index (χ1n) is 5.57. The van der Waals surface area contributed by atoms with E-state index in [-0.39, 0.29) is 0 Å². The van der Waals surface area contributed by atoms with Gasteiger partial charge in [-0.3, -0.25) is 4.55 Å². The Morgan fingerprint density at radius 2 is 2.00 bits per heavy atom. The maximum Gasteiger partial charge on any atom is 0.397 e. The fourth-order valence-electron chi connectivity index (χ4n) is 0.734. The Labute approximate surface area is 92.3 Å². The van der Waals surface area contributed by atoms with Crippen LogP contribution in [0.25, 0.3) is 0 Å². The van der Waals surface area contributed by atoms with Crippen LogP contribution in [0.15, 0.2) is 18.2 Å². The number of hydrogen-bond acceptors (Lipinski definition) is 5. The Morgan fingerprint density at radius 1 is 1.33 bits per heavy atom. The van der Waals surface area contributed by atoms with Gasteiger partial charge in [0.2, 0.25) is 0 Å². The van der Waals surface area contributed by atoms with E-state index in [1.54, 1.807) is 0 Å². The molecule has 0 unspecified atom stereocenters. The molecule has 0 aliphatic carbocycles. The summed E-state index contributed by atoms with van der Waals surface area (Å²) in [5.74, 6) is -1.28. The second-order valence-corrected chi connectivity index (χ2v) is 3.46. The van der Waals surface area contributed by atoms with Crippen LogP contribution in [0.2, 0.25) is 0 Å². The molecule has 84 valence electrons. The summed E-state index contributed by atoms with van der Waals surface area (Å²) in [6, 6.07) is 2.53. The first-order chi connectivity index (χ1) is 8.37. The number of benzene rings is 1. The molecule has 0 aromatic heterocycles. The van der Waals surface area contributed by atoms with E-state index in [0.29, 0.717) is 6.07 Å². The SMILES string of the molecule is [2H]C([2H])(OS(=O)(=O)O)C([2H])([2H])c1ccc(O)c(O)c1. The molecule has 0 radical (unpaired) electrons. The fourth-order valence-corrected chi connectivity index (χ4v) is 0.881. The molecular formula is C8H10O6S. The Balaban J connectivity index is 3.25. The molecule has 0 aliphatic rings. The molecule has 1 aromatic carbocycles. The number of hydrogen-bond donors (Lipinski definition) is 3. The smallest absolute Gasteiger partial charge is 0.397 e. The topological polar surface area (TPSA) is 104 Å². The fraction of sp³-hybridized carbons (Fsp3) is 0.250. The van der Waals surface area contributed by atoms with Crippen LogP contribution in [0.4, 0.5) is 0 Å². The average molecular weight is 238 g/mol. The van der Waals surface area contributed by atoms with E-state index in [4.69, 9.17) is 15.1 Å². The van der Waals surface area contributed by atoms with E-state index in [0.717, 1.165) is 12.1 Å². The summed E-state index contributed by atoms with van der Waals surface area (Å²) in [6.45, 7) is -3.43. The second-order valence-electron chi connectivity index (χ2n) is 2.44. The average Bonchev–Trinajstić information content (AvgIpc) is 2.18. The minimum atomic E-state index is -5.22. The van der Waals surface area contributed by atoms with Crippen LogP contribution >= 0.6 is 0 Å². The van der Waals surface area contributed by atoms with Crippen LogP contribution < -0.4 is 0 Å². The molecule has 0 saturated carbocycles. The lowest BCUT2D eigenvalue weighted by Crippen LogP contribution is -2.06. The molecule has 15 heavy (non-hydrogen) atoms. The quantitative estimate of drug-likeness (QED) is 0.520. The molecule has 0 fully saturated rings. The minimum absolute atomic E-state index is 0.489. The van der Waals surface area contributed by atoms with Gasteiger partial charge in [-0.1, -0.05) is 6.07 Å². The van der Waals surface area contributed by atoms with Gasteiger partial charge < -0.3 is 10.2 Å². The standard InChI is InChI=1S/C8H10O6S/c9-7-2-1-6(5-8(7)10)3-4-14-15(11,12)13/h1-2,5,9-10H,3-4H2,(H,11,12,13)/i3D2,4D2. The molecule has 0 amide bonds. The minimum Gasteiger partial charge on any atom is -0.504 e. The van der Waals surface area contributed by atoms with Crippen molar-refractivity contribution in [2.75, 3.05) is 6.56 Å². The Bertz CT molecular complexity index is 585. The zero-order chi connectivity index (χ0) is 15.1. The van der Waals surface area contributed by atoms with Crippen LogP contribution in [0.3, 0.4) is 0 Å². The summed E-state index contributed by atoms with van der Waals surface area (Å²) >= 11 is 0. The number of rotatable bonds is 4. The third-order valence-corrected chi connectivity index (χ3v) is 1.61. The van der Waals surface area contributed by atoms with Crippen LogP contribution in [0.1, 0.15) is 11.0 Å². The summed E-state index contributed by atoms with van der Waals surface area (Å²) in [4.78, 5) is 0. The summed E-state index contributed by atoms with van der Waals surface area (Å²) in [6.07, 6.45) is -3.02. The highest BCUT2D eigenvalue weighted by atomic mass is 32.3. The first-order valence-corrected chi connectivity index (χ1v) is 4.94. The molecule has 0 atom stereocenters.